The van der Waals surface area contributed by atoms with Gasteiger partial charge in [0.25, 0.3) is 0 Å². The highest BCUT2D eigenvalue weighted by Gasteiger charge is 2.13. The Bertz CT molecular complexity index is 382. The van der Waals surface area contributed by atoms with Gasteiger partial charge < -0.3 is 20.2 Å². The van der Waals surface area contributed by atoms with Crippen LogP contribution in [0.15, 0.2) is 0 Å². The van der Waals surface area contributed by atoms with E-state index in [1.54, 1.807) is 0 Å². The second-order valence-corrected chi connectivity index (χ2v) is 4.11. The molecular formula is C12H24N6O. The predicted molar refractivity (Wildman–Crippen MR) is 77.9 cm³/mol. The van der Waals surface area contributed by atoms with E-state index in [2.05, 4.69) is 39.0 Å². The van der Waals surface area contributed by atoms with Crippen molar-refractivity contribution in [1.82, 2.24) is 15.0 Å². The molecule has 0 aliphatic carbocycles. The normalized spacial score (nSPS) is 10.4. The molecule has 19 heavy (non-hydrogen) atoms. The summed E-state index contributed by atoms with van der Waals surface area (Å²) in [5, 5.41) is 12.1. The van der Waals surface area contributed by atoms with Gasteiger partial charge in [0.2, 0.25) is 17.8 Å². The molecule has 108 valence electrons. The maximum Gasteiger partial charge on any atom is 0.231 e. The van der Waals surface area contributed by atoms with Crippen molar-refractivity contribution in [2.75, 3.05) is 55.0 Å². The molecule has 2 N–H and O–H groups in total. The van der Waals surface area contributed by atoms with Crippen LogP contribution in [-0.2, 0) is 0 Å². The SMILES string of the molecule is CCNc1nc(N(C)CCO)nc(N(CC)CC)n1. The van der Waals surface area contributed by atoms with Gasteiger partial charge in [0.05, 0.1) is 6.61 Å². The Morgan fingerprint density at radius 2 is 1.68 bits per heavy atom. The summed E-state index contributed by atoms with van der Waals surface area (Å²) in [6, 6.07) is 0. The summed E-state index contributed by atoms with van der Waals surface area (Å²) in [6.07, 6.45) is 0. The molecule has 0 fully saturated rings. The van der Waals surface area contributed by atoms with Crippen LogP contribution in [0.2, 0.25) is 0 Å². The number of anilines is 3. The monoisotopic (exact) mass is 268 g/mol. The Balaban J connectivity index is 3.09. The first-order chi connectivity index (χ1) is 9.15. The van der Waals surface area contributed by atoms with Crippen molar-refractivity contribution in [1.29, 1.82) is 0 Å². The van der Waals surface area contributed by atoms with Crippen LogP contribution in [-0.4, -0.2) is 59.9 Å². The lowest BCUT2D eigenvalue weighted by atomic mass is 10.5. The van der Waals surface area contributed by atoms with Gasteiger partial charge in [0, 0.05) is 33.2 Å². The third-order valence-corrected chi connectivity index (χ3v) is 2.77. The van der Waals surface area contributed by atoms with Crippen molar-refractivity contribution in [3.63, 3.8) is 0 Å². The Kier molecular flexibility index (Phi) is 6.27. The second-order valence-electron chi connectivity index (χ2n) is 4.11. The molecule has 7 heteroatoms. The molecule has 1 rings (SSSR count). The molecule has 0 amide bonds. The number of hydrogen-bond donors (Lipinski definition) is 2. The summed E-state index contributed by atoms with van der Waals surface area (Å²) in [6.45, 7) is 9.13. The van der Waals surface area contributed by atoms with Crippen LogP contribution in [0.4, 0.5) is 17.8 Å². The number of aliphatic hydroxyl groups is 1. The molecule has 0 saturated carbocycles. The molecule has 1 aromatic heterocycles. The minimum absolute atomic E-state index is 0.0688. The van der Waals surface area contributed by atoms with Crippen LogP contribution in [0.3, 0.4) is 0 Å². The molecule has 0 aliphatic heterocycles. The topological polar surface area (TPSA) is 77.4 Å². The zero-order valence-electron chi connectivity index (χ0n) is 12.2. The van der Waals surface area contributed by atoms with Crippen LogP contribution in [0, 0.1) is 0 Å². The number of likely N-dealkylation sites (N-methyl/N-ethyl adjacent to an activating group) is 1. The average molecular weight is 268 g/mol. The molecule has 0 radical (unpaired) electrons. The molecule has 1 heterocycles. The van der Waals surface area contributed by atoms with Gasteiger partial charge in [-0.25, -0.2) is 0 Å². The summed E-state index contributed by atoms with van der Waals surface area (Å²) in [7, 11) is 1.85. The van der Waals surface area contributed by atoms with Crippen LogP contribution in [0.5, 0.6) is 0 Å². The zero-order valence-corrected chi connectivity index (χ0v) is 12.2. The molecule has 7 nitrogen and oxygen atoms in total. The van der Waals surface area contributed by atoms with E-state index in [1.807, 2.05) is 18.9 Å². The first kappa shape index (κ1) is 15.4. The van der Waals surface area contributed by atoms with Crippen molar-refractivity contribution in [3.8, 4) is 0 Å². The van der Waals surface area contributed by atoms with Crippen LogP contribution in [0.25, 0.3) is 0 Å². The van der Waals surface area contributed by atoms with Gasteiger partial charge >= 0.3 is 0 Å². The average Bonchev–Trinajstić information content (AvgIpc) is 2.40. The fourth-order valence-corrected chi connectivity index (χ4v) is 1.66. The van der Waals surface area contributed by atoms with E-state index in [-0.39, 0.29) is 6.61 Å². The van der Waals surface area contributed by atoms with Crippen molar-refractivity contribution in [2.24, 2.45) is 0 Å². The highest BCUT2D eigenvalue weighted by molar-refractivity contribution is 5.44. The van der Waals surface area contributed by atoms with Gasteiger partial charge in [0.1, 0.15) is 0 Å². The summed E-state index contributed by atoms with van der Waals surface area (Å²) in [5.74, 6) is 1.80. The van der Waals surface area contributed by atoms with Crippen molar-refractivity contribution < 1.29 is 5.11 Å². The van der Waals surface area contributed by atoms with E-state index in [1.165, 1.54) is 0 Å². The van der Waals surface area contributed by atoms with Gasteiger partial charge in [-0.05, 0) is 20.8 Å². The third kappa shape index (κ3) is 4.20. The largest absolute Gasteiger partial charge is 0.395 e. The van der Waals surface area contributed by atoms with E-state index in [0.717, 1.165) is 19.6 Å². The van der Waals surface area contributed by atoms with E-state index < -0.39 is 0 Å². The minimum atomic E-state index is 0.0688. The Hall–Kier alpha value is -1.63. The summed E-state index contributed by atoms with van der Waals surface area (Å²) >= 11 is 0. The van der Waals surface area contributed by atoms with Crippen molar-refractivity contribution >= 4 is 17.8 Å². The molecule has 0 saturated heterocycles. The fraction of sp³-hybridized carbons (Fsp3) is 0.750. The van der Waals surface area contributed by atoms with E-state index in [0.29, 0.717) is 24.4 Å². The number of nitrogens with one attached hydrogen (secondary N) is 1. The number of hydrogen-bond acceptors (Lipinski definition) is 7. The van der Waals surface area contributed by atoms with E-state index >= 15 is 0 Å². The van der Waals surface area contributed by atoms with Gasteiger partial charge in [-0.1, -0.05) is 0 Å². The van der Waals surface area contributed by atoms with Gasteiger partial charge in [-0.2, -0.15) is 15.0 Å². The standard InChI is InChI=1S/C12H24N6O/c1-5-13-10-14-11(17(4)8-9-19)16-12(15-10)18(6-2)7-3/h19H,5-9H2,1-4H3,(H,13,14,15,16). The van der Waals surface area contributed by atoms with Gasteiger partial charge in [-0.3, -0.25) is 0 Å². The maximum absolute atomic E-state index is 9.00. The molecule has 0 atom stereocenters. The molecule has 1 aromatic rings. The molecule has 0 spiro atoms. The van der Waals surface area contributed by atoms with Crippen LogP contribution < -0.4 is 15.1 Å². The lowest BCUT2D eigenvalue weighted by Crippen LogP contribution is -2.28. The molecule has 0 aromatic carbocycles. The highest BCUT2D eigenvalue weighted by atomic mass is 16.3. The minimum Gasteiger partial charge on any atom is -0.395 e. The summed E-state index contributed by atoms with van der Waals surface area (Å²) in [4.78, 5) is 17.1. The Morgan fingerprint density at radius 3 is 2.21 bits per heavy atom. The summed E-state index contributed by atoms with van der Waals surface area (Å²) in [5.41, 5.74) is 0. The molecule has 0 bridgehead atoms. The fourth-order valence-electron chi connectivity index (χ4n) is 1.66. The van der Waals surface area contributed by atoms with Crippen molar-refractivity contribution in [3.05, 3.63) is 0 Å². The molecule has 0 aliphatic rings. The van der Waals surface area contributed by atoms with Crippen LogP contribution >= 0.6 is 0 Å². The van der Waals surface area contributed by atoms with E-state index in [9.17, 15) is 0 Å². The molecule has 0 unspecified atom stereocenters. The Labute approximate surface area is 114 Å². The van der Waals surface area contributed by atoms with Crippen molar-refractivity contribution in [2.45, 2.75) is 20.8 Å². The smallest absolute Gasteiger partial charge is 0.231 e. The van der Waals surface area contributed by atoms with Gasteiger partial charge in [0.15, 0.2) is 0 Å². The van der Waals surface area contributed by atoms with Gasteiger partial charge in [-0.15, -0.1) is 0 Å². The van der Waals surface area contributed by atoms with E-state index in [4.69, 9.17) is 5.11 Å². The maximum atomic E-state index is 9.00. The zero-order chi connectivity index (χ0) is 14.3. The lowest BCUT2D eigenvalue weighted by molar-refractivity contribution is 0.303. The Morgan fingerprint density at radius 1 is 1.05 bits per heavy atom. The van der Waals surface area contributed by atoms with Crippen LogP contribution in [0.1, 0.15) is 20.8 Å². The highest BCUT2D eigenvalue weighted by Crippen LogP contribution is 2.15. The third-order valence-electron chi connectivity index (χ3n) is 2.77. The summed E-state index contributed by atoms with van der Waals surface area (Å²) < 4.78 is 0. The number of rotatable bonds is 8. The second kappa shape index (κ2) is 7.73. The first-order valence-electron chi connectivity index (χ1n) is 6.73. The molecular weight excluding hydrogens is 244 g/mol. The number of nitrogens with zero attached hydrogens (tertiary/aromatic N) is 5. The lowest BCUT2D eigenvalue weighted by Gasteiger charge is -2.22. The number of aliphatic hydroxyl groups excluding tert-OH is 1. The quantitative estimate of drug-likeness (QED) is 0.714. The predicted octanol–water partition coefficient (Wildman–Crippen LogP) is 0.578. The number of aromatic nitrogens is 3. The first-order valence-corrected chi connectivity index (χ1v) is 6.73.